The third-order valence-corrected chi connectivity index (χ3v) is 4.48. The molecule has 0 saturated carbocycles. The van der Waals surface area contributed by atoms with Crippen LogP contribution in [0, 0.1) is 0 Å². The number of carbonyl (C=O) groups is 1. The molecule has 6 nitrogen and oxygen atoms in total. The highest BCUT2D eigenvalue weighted by atomic mass is 16.5. The Morgan fingerprint density at radius 1 is 1.36 bits per heavy atom. The number of nitrogens with one attached hydrogen (secondary N) is 1. The molecule has 1 aromatic heterocycles. The fourth-order valence-electron chi connectivity index (χ4n) is 3.12. The Kier molecular flexibility index (Phi) is 6.19. The van der Waals surface area contributed by atoms with Crippen LogP contribution in [0.15, 0.2) is 42.7 Å². The van der Waals surface area contributed by atoms with Crippen LogP contribution in [-0.4, -0.2) is 52.7 Å². The van der Waals surface area contributed by atoms with E-state index < -0.39 is 0 Å². The highest BCUT2D eigenvalue weighted by molar-refractivity contribution is 5.76. The van der Waals surface area contributed by atoms with E-state index in [1.807, 2.05) is 23.9 Å². The predicted octanol–water partition coefficient (Wildman–Crippen LogP) is 1.37. The maximum Gasteiger partial charge on any atom is 0.222 e. The fourth-order valence-corrected chi connectivity index (χ4v) is 3.12. The van der Waals surface area contributed by atoms with E-state index in [1.165, 1.54) is 5.56 Å². The number of rotatable bonds is 7. The van der Waals surface area contributed by atoms with E-state index in [1.54, 1.807) is 6.20 Å². The number of aryl methyl sites for hydroxylation is 1. The Morgan fingerprint density at radius 2 is 2.20 bits per heavy atom. The van der Waals surface area contributed by atoms with Crippen LogP contribution in [0.5, 0.6) is 0 Å². The number of ether oxygens (including phenoxy) is 1. The zero-order chi connectivity index (χ0) is 17.5. The Hall–Kier alpha value is -2.18. The maximum absolute atomic E-state index is 12.2. The summed E-state index contributed by atoms with van der Waals surface area (Å²) < 4.78 is 7.74. The van der Waals surface area contributed by atoms with E-state index in [-0.39, 0.29) is 12.0 Å². The van der Waals surface area contributed by atoms with Crippen LogP contribution < -0.4 is 5.32 Å². The van der Waals surface area contributed by atoms with Crippen LogP contribution >= 0.6 is 0 Å². The van der Waals surface area contributed by atoms with Crippen molar-refractivity contribution in [1.29, 1.82) is 0 Å². The SMILES string of the molecule is Cn1ccnc1CCNC(=O)CC1CN(Cc2ccccc2)CCO1. The summed E-state index contributed by atoms with van der Waals surface area (Å²) >= 11 is 0. The molecule has 1 aliphatic rings. The van der Waals surface area contributed by atoms with Crippen molar-refractivity contribution >= 4 is 5.91 Å². The van der Waals surface area contributed by atoms with E-state index in [2.05, 4.69) is 39.5 Å². The van der Waals surface area contributed by atoms with E-state index >= 15 is 0 Å². The molecule has 1 atom stereocenters. The van der Waals surface area contributed by atoms with E-state index in [0.717, 1.165) is 31.9 Å². The number of amides is 1. The fraction of sp³-hybridized carbons (Fsp3) is 0.474. The summed E-state index contributed by atoms with van der Waals surface area (Å²) in [7, 11) is 1.96. The average Bonchev–Trinajstić information content (AvgIpc) is 3.01. The Labute approximate surface area is 148 Å². The molecule has 1 aliphatic heterocycles. The van der Waals surface area contributed by atoms with Gasteiger partial charge in [0, 0.05) is 52.0 Å². The normalized spacial score (nSPS) is 18.2. The van der Waals surface area contributed by atoms with Crippen molar-refractivity contribution < 1.29 is 9.53 Å². The number of hydrogen-bond donors (Lipinski definition) is 1. The Balaban J connectivity index is 1.39. The number of morpholine rings is 1. The van der Waals surface area contributed by atoms with Crippen molar-refractivity contribution in [3.63, 3.8) is 0 Å². The summed E-state index contributed by atoms with van der Waals surface area (Å²) in [6.07, 6.45) is 4.79. The van der Waals surface area contributed by atoms with Crippen molar-refractivity contribution in [1.82, 2.24) is 19.8 Å². The molecule has 6 heteroatoms. The summed E-state index contributed by atoms with van der Waals surface area (Å²) in [5.41, 5.74) is 1.29. The number of benzene rings is 1. The topological polar surface area (TPSA) is 59.4 Å². The van der Waals surface area contributed by atoms with E-state index in [9.17, 15) is 4.79 Å². The molecule has 1 saturated heterocycles. The van der Waals surface area contributed by atoms with Crippen LogP contribution in [0.1, 0.15) is 17.8 Å². The predicted molar refractivity (Wildman–Crippen MR) is 96.0 cm³/mol. The van der Waals surface area contributed by atoms with Crippen molar-refractivity contribution in [2.24, 2.45) is 7.05 Å². The van der Waals surface area contributed by atoms with Crippen molar-refractivity contribution in [3.05, 3.63) is 54.1 Å². The quantitative estimate of drug-likeness (QED) is 0.826. The second-order valence-corrected chi connectivity index (χ2v) is 6.47. The smallest absolute Gasteiger partial charge is 0.222 e. The van der Waals surface area contributed by atoms with Gasteiger partial charge in [-0.05, 0) is 5.56 Å². The largest absolute Gasteiger partial charge is 0.375 e. The second kappa shape index (κ2) is 8.78. The van der Waals surface area contributed by atoms with Crippen LogP contribution in [0.25, 0.3) is 0 Å². The van der Waals surface area contributed by atoms with Crippen molar-refractivity contribution in [2.45, 2.75) is 25.5 Å². The molecule has 2 heterocycles. The van der Waals surface area contributed by atoms with Crippen LogP contribution in [0.2, 0.25) is 0 Å². The lowest BCUT2D eigenvalue weighted by Crippen LogP contribution is -2.44. The van der Waals surface area contributed by atoms with Gasteiger partial charge < -0.3 is 14.6 Å². The molecule has 1 aromatic carbocycles. The molecule has 2 aromatic rings. The van der Waals surface area contributed by atoms with E-state index in [4.69, 9.17) is 4.74 Å². The first-order valence-electron chi connectivity index (χ1n) is 8.81. The number of aromatic nitrogens is 2. The molecular formula is C19H26N4O2. The van der Waals surface area contributed by atoms with Gasteiger partial charge in [-0.2, -0.15) is 0 Å². The Bertz CT molecular complexity index is 671. The number of hydrogen-bond acceptors (Lipinski definition) is 4. The van der Waals surface area contributed by atoms with Gasteiger partial charge in [-0.15, -0.1) is 0 Å². The van der Waals surface area contributed by atoms with Gasteiger partial charge in [-0.3, -0.25) is 9.69 Å². The zero-order valence-electron chi connectivity index (χ0n) is 14.7. The molecule has 1 unspecified atom stereocenters. The molecule has 134 valence electrons. The van der Waals surface area contributed by atoms with Gasteiger partial charge in [0.25, 0.3) is 0 Å². The lowest BCUT2D eigenvalue weighted by molar-refractivity contribution is -0.126. The van der Waals surface area contributed by atoms with Gasteiger partial charge in [0.2, 0.25) is 5.91 Å². The minimum absolute atomic E-state index is 0.0365. The van der Waals surface area contributed by atoms with Gasteiger partial charge in [0.05, 0.1) is 19.1 Å². The molecule has 25 heavy (non-hydrogen) atoms. The van der Waals surface area contributed by atoms with Crippen molar-refractivity contribution in [2.75, 3.05) is 26.2 Å². The number of imidazole rings is 1. The van der Waals surface area contributed by atoms with Gasteiger partial charge in [-0.1, -0.05) is 30.3 Å². The van der Waals surface area contributed by atoms with Crippen molar-refractivity contribution in [3.8, 4) is 0 Å². The third-order valence-electron chi connectivity index (χ3n) is 4.48. The summed E-state index contributed by atoms with van der Waals surface area (Å²) in [4.78, 5) is 18.8. The summed E-state index contributed by atoms with van der Waals surface area (Å²) in [5.74, 6) is 1.02. The second-order valence-electron chi connectivity index (χ2n) is 6.47. The van der Waals surface area contributed by atoms with E-state index in [0.29, 0.717) is 19.6 Å². The van der Waals surface area contributed by atoms with Gasteiger partial charge in [0.15, 0.2) is 0 Å². The van der Waals surface area contributed by atoms with Crippen LogP contribution in [0.3, 0.4) is 0 Å². The number of nitrogens with zero attached hydrogens (tertiary/aromatic N) is 3. The molecule has 0 spiro atoms. The summed E-state index contributed by atoms with van der Waals surface area (Å²) in [6, 6.07) is 10.4. The summed E-state index contributed by atoms with van der Waals surface area (Å²) in [5, 5.41) is 2.97. The minimum Gasteiger partial charge on any atom is -0.375 e. The maximum atomic E-state index is 12.2. The average molecular weight is 342 g/mol. The molecule has 1 amide bonds. The first-order chi connectivity index (χ1) is 12.2. The lowest BCUT2D eigenvalue weighted by atomic mass is 10.1. The van der Waals surface area contributed by atoms with Gasteiger partial charge >= 0.3 is 0 Å². The van der Waals surface area contributed by atoms with Crippen LogP contribution in [0.4, 0.5) is 0 Å². The molecule has 0 bridgehead atoms. The van der Waals surface area contributed by atoms with Gasteiger partial charge in [0.1, 0.15) is 5.82 Å². The zero-order valence-corrected chi connectivity index (χ0v) is 14.7. The summed E-state index contributed by atoms with van der Waals surface area (Å²) in [6.45, 7) is 3.89. The highest BCUT2D eigenvalue weighted by Gasteiger charge is 2.22. The molecular weight excluding hydrogens is 316 g/mol. The first-order valence-corrected chi connectivity index (χ1v) is 8.81. The minimum atomic E-state index is -0.0365. The lowest BCUT2D eigenvalue weighted by Gasteiger charge is -2.32. The monoisotopic (exact) mass is 342 g/mol. The molecule has 3 rings (SSSR count). The Morgan fingerprint density at radius 3 is 2.96 bits per heavy atom. The number of carbonyl (C=O) groups excluding carboxylic acids is 1. The first kappa shape index (κ1) is 17.6. The highest BCUT2D eigenvalue weighted by Crippen LogP contribution is 2.12. The molecule has 0 aliphatic carbocycles. The molecule has 0 radical (unpaired) electrons. The molecule has 1 fully saturated rings. The standard InChI is InChI=1S/C19H26N4O2/c1-22-10-9-20-18(22)7-8-21-19(24)13-17-15-23(11-12-25-17)14-16-5-3-2-4-6-16/h2-6,9-10,17H,7-8,11-15H2,1H3,(H,21,24). The molecule has 1 N–H and O–H groups in total. The van der Waals surface area contributed by atoms with Crippen LogP contribution in [-0.2, 0) is 29.5 Å². The third kappa shape index (κ3) is 5.41. The van der Waals surface area contributed by atoms with Gasteiger partial charge in [-0.25, -0.2) is 4.98 Å².